The van der Waals surface area contributed by atoms with Crippen molar-refractivity contribution < 1.29 is 14.3 Å². The lowest BCUT2D eigenvalue weighted by Crippen LogP contribution is -2.05. The van der Waals surface area contributed by atoms with Gasteiger partial charge in [-0.1, -0.05) is 0 Å². The average Bonchev–Trinajstić information content (AvgIpc) is 2.58. The van der Waals surface area contributed by atoms with Crippen LogP contribution < -0.4 is 0 Å². The Hall–Kier alpha value is -1.58. The van der Waals surface area contributed by atoms with Gasteiger partial charge in [0.2, 0.25) is 0 Å². The molecule has 4 heteroatoms. The van der Waals surface area contributed by atoms with Crippen LogP contribution >= 0.6 is 0 Å². The number of nitrogens with one attached hydrogen (secondary N) is 1. The van der Waals surface area contributed by atoms with Crippen molar-refractivity contribution in [3.63, 3.8) is 0 Å². The van der Waals surface area contributed by atoms with Crippen LogP contribution in [0.4, 0.5) is 0 Å². The smallest absolute Gasteiger partial charge is 0.323 e. The second kappa shape index (κ2) is 2.48. The fourth-order valence-corrected chi connectivity index (χ4v) is 1.27. The molecule has 2 heterocycles. The van der Waals surface area contributed by atoms with E-state index in [0.29, 0.717) is 0 Å². The van der Waals surface area contributed by atoms with Crippen LogP contribution in [0.25, 0.3) is 0 Å². The number of esters is 2. The highest BCUT2D eigenvalue weighted by molar-refractivity contribution is 5.97. The summed E-state index contributed by atoms with van der Waals surface area (Å²) >= 11 is 0. The molecule has 1 aliphatic heterocycles. The van der Waals surface area contributed by atoms with Crippen LogP contribution in [0.5, 0.6) is 0 Å². The van der Waals surface area contributed by atoms with Crippen LogP contribution in [0.1, 0.15) is 18.0 Å². The highest BCUT2D eigenvalue weighted by atomic mass is 16.6. The molecule has 0 aliphatic carbocycles. The summed E-state index contributed by atoms with van der Waals surface area (Å²) in [5, 5.41) is 0. The molecule has 1 unspecified atom stereocenters. The summed E-state index contributed by atoms with van der Waals surface area (Å²) in [6, 6.07) is 3.55. The lowest BCUT2D eigenvalue weighted by molar-refractivity contribution is -0.152. The van der Waals surface area contributed by atoms with Crippen LogP contribution in [0, 0.1) is 0 Å². The Labute approximate surface area is 68.5 Å². The van der Waals surface area contributed by atoms with Crippen molar-refractivity contribution in [1.29, 1.82) is 0 Å². The van der Waals surface area contributed by atoms with Crippen LogP contribution in [-0.2, 0) is 14.3 Å². The maximum atomic E-state index is 11.0. The molecule has 4 nitrogen and oxygen atoms in total. The molecule has 0 saturated carbocycles. The molecule has 2 rings (SSSR count). The van der Waals surface area contributed by atoms with Gasteiger partial charge in [0.25, 0.3) is 0 Å². The number of hydrogen-bond donors (Lipinski definition) is 1. The molecule has 0 radical (unpaired) electrons. The molecule has 0 amide bonds. The van der Waals surface area contributed by atoms with Crippen molar-refractivity contribution in [1.82, 2.24) is 4.98 Å². The SMILES string of the molecule is O=C1CC(c2ccc[nH]2)C(=O)O1. The predicted octanol–water partition coefficient (Wildman–Crippen LogP) is 0.572. The summed E-state index contributed by atoms with van der Waals surface area (Å²) in [7, 11) is 0. The van der Waals surface area contributed by atoms with Gasteiger partial charge in [-0.3, -0.25) is 9.59 Å². The van der Waals surface area contributed by atoms with Crippen molar-refractivity contribution in [3.05, 3.63) is 24.0 Å². The van der Waals surface area contributed by atoms with Gasteiger partial charge < -0.3 is 9.72 Å². The third kappa shape index (κ3) is 1.01. The summed E-state index contributed by atoms with van der Waals surface area (Å²) < 4.78 is 4.40. The second-order valence-electron chi connectivity index (χ2n) is 2.68. The molecule has 1 N–H and O–H groups in total. The molecule has 1 atom stereocenters. The van der Waals surface area contributed by atoms with Gasteiger partial charge in [-0.05, 0) is 12.1 Å². The second-order valence-corrected chi connectivity index (χ2v) is 2.68. The van der Waals surface area contributed by atoms with Gasteiger partial charge in [-0.25, -0.2) is 0 Å². The average molecular weight is 165 g/mol. The predicted molar refractivity (Wildman–Crippen MR) is 39.2 cm³/mol. The summed E-state index contributed by atoms with van der Waals surface area (Å²) in [5.41, 5.74) is 0.742. The zero-order chi connectivity index (χ0) is 8.55. The Morgan fingerprint density at radius 3 is 2.83 bits per heavy atom. The maximum absolute atomic E-state index is 11.0. The summed E-state index contributed by atoms with van der Waals surface area (Å²) in [5.74, 6) is -1.32. The Morgan fingerprint density at radius 2 is 2.33 bits per heavy atom. The van der Waals surface area contributed by atoms with Gasteiger partial charge in [-0.15, -0.1) is 0 Å². The van der Waals surface area contributed by atoms with Gasteiger partial charge in [0.1, 0.15) is 5.92 Å². The number of aromatic amines is 1. The number of carbonyl (C=O) groups excluding carboxylic acids is 2. The van der Waals surface area contributed by atoms with Crippen molar-refractivity contribution in [2.45, 2.75) is 12.3 Å². The zero-order valence-corrected chi connectivity index (χ0v) is 6.24. The quantitative estimate of drug-likeness (QED) is 0.489. The molecule has 1 aliphatic rings. The number of hydrogen-bond acceptors (Lipinski definition) is 3. The van der Waals surface area contributed by atoms with Gasteiger partial charge in [-0.2, -0.15) is 0 Å². The number of ether oxygens (including phenoxy) is 1. The minimum Gasteiger partial charge on any atom is -0.393 e. The van der Waals surface area contributed by atoms with Gasteiger partial charge in [0.05, 0.1) is 6.42 Å². The topological polar surface area (TPSA) is 59.2 Å². The van der Waals surface area contributed by atoms with Crippen molar-refractivity contribution in [3.8, 4) is 0 Å². The van der Waals surface area contributed by atoms with Crippen LogP contribution in [0.15, 0.2) is 18.3 Å². The molecule has 62 valence electrons. The van der Waals surface area contributed by atoms with E-state index < -0.39 is 17.9 Å². The molecule has 0 spiro atoms. The van der Waals surface area contributed by atoms with E-state index in [2.05, 4.69) is 9.72 Å². The lowest BCUT2D eigenvalue weighted by atomic mass is 10.1. The zero-order valence-electron chi connectivity index (χ0n) is 6.24. The molecule has 1 aromatic heterocycles. The largest absolute Gasteiger partial charge is 0.393 e. The third-order valence-corrected chi connectivity index (χ3v) is 1.87. The molecular weight excluding hydrogens is 158 g/mol. The number of carbonyl (C=O) groups is 2. The number of H-pyrrole nitrogens is 1. The molecule has 1 fully saturated rings. The maximum Gasteiger partial charge on any atom is 0.323 e. The molecule has 0 bridgehead atoms. The molecule has 1 aromatic rings. The van der Waals surface area contributed by atoms with Crippen molar-refractivity contribution in [2.24, 2.45) is 0 Å². The van der Waals surface area contributed by atoms with E-state index in [1.807, 2.05) is 0 Å². The highest BCUT2D eigenvalue weighted by Crippen LogP contribution is 2.25. The number of rotatable bonds is 1. The summed E-state index contributed by atoms with van der Waals surface area (Å²) in [6.07, 6.45) is 1.87. The van der Waals surface area contributed by atoms with Crippen LogP contribution in [0.3, 0.4) is 0 Å². The highest BCUT2D eigenvalue weighted by Gasteiger charge is 2.35. The monoisotopic (exact) mass is 165 g/mol. The van der Waals surface area contributed by atoms with E-state index in [0.717, 1.165) is 5.69 Å². The first kappa shape index (κ1) is 7.09. The molecule has 1 saturated heterocycles. The van der Waals surface area contributed by atoms with E-state index >= 15 is 0 Å². The minimum atomic E-state index is -0.456. The Morgan fingerprint density at radius 1 is 1.50 bits per heavy atom. The summed E-state index contributed by atoms with van der Waals surface area (Å²) in [6.45, 7) is 0. The van der Waals surface area contributed by atoms with Crippen LogP contribution in [0.2, 0.25) is 0 Å². The first-order valence-electron chi connectivity index (χ1n) is 3.65. The fourth-order valence-electron chi connectivity index (χ4n) is 1.27. The first-order chi connectivity index (χ1) is 5.77. The Balaban J connectivity index is 2.26. The van der Waals surface area contributed by atoms with E-state index in [-0.39, 0.29) is 6.42 Å². The van der Waals surface area contributed by atoms with E-state index in [9.17, 15) is 9.59 Å². The van der Waals surface area contributed by atoms with Gasteiger partial charge >= 0.3 is 11.9 Å². The first-order valence-corrected chi connectivity index (χ1v) is 3.65. The van der Waals surface area contributed by atoms with E-state index in [1.54, 1.807) is 18.3 Å². The van der Waals surface area contributed by atoms with Crippen molar-refractivity contribution in [2.75, 3.05) is 0 Å². The van der Waals surface area contributed by atoms with Gasteiger partial charge in [0, 0.05) is 11.9 Å². The Bertz CT molecular complexity index is 315. The number of cyclic esters (lactones) is 2. The third-order valence-electron chi connectivity index (χ3n) is 1.87. The standard InChI is InChI=1S/C8H7NO3/c10-7-4-5(8(11)12-7)6-2-1-3-9-6/h1-3,5,9H,4H2. The fraction of sp³-hybridized carbons (Fsp3) is 0.250. The normalized spacial score (nSPS) is 22.8. The molecule has 0 aromatic carbocycles. The van der Waals surface area contributed by atoms with E-state index in [1.165, 1.54) is 0 Å². The number of aromatic nitrogens is 1. The summed E-state index contributed by atoms with van der Waals surface area (Å²) in [4.78, 5) is 24.6. The van der Waals surface area contributed by atoms with Crippen LogP contribution in [-0.4, -0.2) is 16.9 Å². The molecule has 12 heavy (non-hydrogen) atoms. The molecular formula is C8H7NO3. The van der Waals surface area contributed by atoms with Gasteiger partial charge in [0.15, 0.2) is 0 Å². The Kier molecular flexibility index (Phi) is 1.46. The van der Waals surface area contributed by atoms with Crippen molar-refractivity contribution >= 4 is 11.9 Å². The lowest BCUT2D eigenvalue weighted by Gasteiger charge is -1.98. The van der Waals surface area contributed by atoms with E-state index in [4.69, 9.17) is 0 Å². The minimum absolute atomic E-state index is 0.152.